The molecule has 1 heterocycles. The van der Waals surface area contributed by atoms with E-state index in [1.165, 1.54) is 0 Å². The Labute approximate surface area is 76.9 Å². The van der Waals surface area contributed by atoms with Crippen LogP contribution in [0.3, 0.4) is 0 Å². The summed E-state index contributed by atoms with van der Waals surface area (Å²) in [6, 6.07) is 0. The van der Waals surface area contributed by atoms with Crippen LogP contribution in [0.2, 0.25) is 0 Å². The lowest BCUT2D eigenvalue weighted by Crippen LogP contribution is -1.86. The zero-order chi connectivity index (χ0) is 8.27. The van der Waals surface area contributed by atoms with Crippen molar-refractivity contribution in [3.05, 3.63) is 23.5 Å². The third kappa shape index (κ3) is 1.91. The summed E-state index contributed by atoms with van der Waals surface area (Å²) in [5.41, 5.74) is 2.28. The highest BCUT2D eigenvalue weighted by atomic mass is 35.5. The van der Waals surface area contributed by atoms with Crippen LogP contribution in [0.25, 0.3) is 0 Å². The average Bonchev–Trinajstić information content (AvgIpc) is 2.46. The number of rotatable bonds is 3. The summed E-state index contributed by atoms with van der Waals surface area (Å²) in [4.78, 5) is 0. The van der Waals surface area contributed by atoms with Gasteiger partial charge in [0.1, 0.15) is 0 Å². The highest BCUT2D eigenvalue weighted by Crippen LogP contribution is 2.15. The molecular formula is C8H11Cl2N. The summed E-state index contributed by atoms with van der Waals surface area (Å²) >= 11 is 11.4. The van der Waals surface area contributed by atoms with Crippen LogP contribution in [0.5, 0.6) is 0 Å². The molecule has 0 saturated heterocycles. The van der Waals surface area contributed by atoms with Gasteiger partial charge >= 0.3 is 0 Å². The summed E-state index contributed by atoms with van der Waals surface area (Å²) in [7, 11) is 0. The maximum Gasteiger partial charge on any atom is 0.0492 e. The highest BCUT2D eigenvalue weighted by Gasteiger charge is 2.02. The zero-order valence-electron chi connectivity index (χ0n) is 6.48. The predicted octanol–water partition coefficient (Wildman–Crippen LogP) is 2.99. The van der Waals surface area contributed by atoms with Gasteiger partial charge in [-0.2, -0.15) is 0 Å². The summed E-state index contributed by atoms with van der Waals surface area (Å²) in [5, 5.41) is 0. The molecule has 1 aromatic heterocycles. The zero-order valence-corrected chi connectivity index (χ0v) is 7.99. The maximum absolute atomic E-state index is 5.71. The normalized spacial score (nSPS) is 10.5. The Morgan fingerprint density at radius 1 is 1.18 bits per heavy atom. The van der Waals surface area contributed by atoms with Crippen LogP contribution in [-0.4, -0.2) is 4.57 Å². The molecule has 1 nitrogen and oxygen atoms in total. The first-order valence-electron chi connectivity index (χ1n) is 3.61. The monoisotopic (exact) mass is 191 g/mol. The van der Waals surface area contributed by atoms with Gasteiger partial charge in [0.25, 0.3) is 0 Å². The van der Waals surface area contributed by atoms with E-state index in [1.807, 2.05) is 12.4 Å². The molecule has 0 aliphatic rings. The van der Waals surface area contributed by atoms with Gasteiger partial charge in [0.05, 0.1) is 0 Å². The number of halogens is 2. The van der Waals surface area contributed by atoms with Crippen LogP contribution in [0.1, 0.15) is 18.1 Å². The Hall–Kier alpha value is -0.140. The third-order valence-corrected chi connectivity index (χ3v) is 2.28. The van der Waals surface area contributed by atoms with Crippen LogP contribution in [0.4, 0.5) is 0 Å². The Morgan fingerprint density at radius 3 is 1.91 bits per heavy atom. The van der Waals surface area contributed by atoms with E-state index in [-0.39, 0.29) is 0 Å². The molecule has 3 heteroatoms. The van der Waals surface area contributed by atoms with E-state index in [9.17, 15) is 0 Å². The molecule has 0 bridgehead atoms. The second-order valence-corrected chi connectivity index (χ2v) is 2.94. The lowest BCUT2D eigenvalue weighted by Gasteiger charge is -1.91. The molecule has 0 radical (unpaired) electrons. The van der Waals surface area contributed by atoms with Crippen LogP contribution < -0.4 is 0 Å². The van der Waals surface area contributed by atoms with Gasteiger partial charge in [-0.1, -0.05) is 0 Å². The fourth-order valence-corrected chi connectivity index (χ4v) is 1.51. The summed E-state index contributed by atoms with van der Waals surface area (Å²) < 4.78 is 2.09. The molecule has 0 N–H and O–H groups in total. The van der Waals surface area contributed by atoms with Crippen molar-refractivity contribution in [1.29, 1.82) is 0 Å². The number of aromatic nitrogens is 1. The molecule has 0 aromatic carbocycles. The van der Waals surface area contributed by atoms with Crippen molar-refractivity contribution in [3.63, 3.8) is 0 Å². The Balaban J connectivity index is 2.92. The van der Waals surface area contributed by atoms with Crippen LogP contribution in [0, 0.1) is 0 Å². The van der Waals surface area contributed by atoms with E-state index in [2.05, 4.69) is 11.5 Å². The highest BCUT2D eigenvalue weighted by molar-refractivity contribution is 6.18. The standard InChI is InChI=1S/C8H11Cl2N/c1-2-11-5-7(3-9)8(4-10)6-11/h5-6H,2-4H2,1H3. The second-order valence-electron chi connectivity index (χ2n) is 2.41. The van der Waals surface area contributed by atoms with Crippen molar-refractivity contribution in [3.8, 4) is 0 Å². The van der Waals surface area contributed by atoms with Crippen LogP contribution in [-0.2, 0) is 18.3 Å². The second kappa shape index (κ2) is 4.03. The summed E-state index contributed by atoms with van der Waals surface area (Å²) in [5.74, 6) is 1.10. The molecule has 0 aliphatic heterocycles. The van der Waals surface area contributed by atoms with Gasteiger partial charge in [-0.15, -0.1) is 23.2 Å². The van der Waals surface area contributed by atoms with E-state index in [0.717, 1.165) is 17.7 Å². The molecule has 62 valence electrons. The van der Waals surface area contributed by atoms with Crippen molar-refractivity contribution >= 4 is 23.2 Å². The van der Waals surface area contributed by atoms with Crippen LogP contribution >= 0.6 is 23.2 Å². The van der Waals surface area contributed by atoms with Crippen molar-refractivity contribution in [1.82, 2.24) is 4.57 Å². The van der Waals surface area contributed by atoms with E-state index in [0.29, 0.717) is 11.8 Å². The lowest BCUT2D eigenvalue weighted by molar-refractivity contribution is 0.766. The number of hydrogen-bond donors (Lipinski definition) is 0. The molecule has 0 atom stereocenters. The molecular weight excluding hydrogens is 181 g/mol. The molecule has 0 aliphatic carbocycles. The van der Waals surface area contributed by atoms with Crippen LogP contribution in [0.15, 0.2) is 12.4 Å². The summed E-state index contributed by atoms with van der Waals surface area (Å²) in [6.07, 6.45) is 4.09. The van der Waals surface area contributed by atoms with E-state index < -0.39 is 0 Å². The molecule has 0 saturated carbocycles. The number of aryl methyl sites for hydroxylation is 1. The van der Waals surface area contributed by atoms with E-state index >= 15 is 0 Å². The number of alkyl halides is 2. The van der Waals surface area contributed by atoms with Gasteiger partial charge in [0.2, 0.25) is 0 Å². The number of hydrogen-bond acceptors (Lipinski definition) is 0. The topological polar surface area (TPSA) is 4.93 Å². The van der Waals surface area contributed by atoms with Crippen molar-refractivity contribution in [2.75, 3.05) is 0 Å². The third-order valence-electron chi connectivity index (χ3n) is 1.71. The molecule has 0 fully saturated rings. The minimum absolute atomic E-state index is 0.551. The molecule has 1 aromatic rings. The minimum atomic E-state index is 0.551. The SMILES string of the molecule is CCn1cc(CCl)c(CCl)c1. The smallest absolute Gasteiger partial charge is 0.0492 e. The van der Waals surface area contributed by atoms with Gasteiger partial charge in [-0.05, 0) is 18.1 Å². The van der Waals surface area contributed by atoms with Gasteiger partial charge in [-0.3, -0.25) is 0 Å². The molecule has 0 spiro atoms. The molecule has 1 rings (SSSR count). The first-order valence-corrected chi connectivity index (χ1v) is 4.68. The van der Waals surface area contributed by atoms with Gasteiger partial charge in [0.15, 0.2) is 0 Å². The Bertz CT molecular complexity index is 208. The van der Waals surface area contributed by atoms with Gasteiger partial charge in [0, 0.05) is 30.7 Å². The molecule has 0 unspecified atom stereocenters. The first kappa shape index (κ1) is 8.95. The first-order chi connectivity index (χ1) is 5.31. The lowest BCUT2D eigenvalue weighted by atomic mass is 10.2. The Morgan fingerprint density at radius 2 is 1.64 bits per heavy atom. The fourth-order valence-electron chi connectivity index (χ4n) is 1.03. The summed E-state index contributed by atoms with van der Waals surface area (Å²) in [6.45, 7) is 3.07. The van der Waals surface area contributed by atoms with Gasteiger partial charge in [-0.25, -0.2) is 0 Å². The van der Waals surface area contributed by atoms with Crippen molar-refractivity contribution in [2.45, 2.75) is 25.2 Å². The minimum Gasteiger partial charge on any atom is -0.354 e. The van der Waals surface area contributed by atoms with E-state index in [4.69, 9.17) is 23.2 Å². The average molecular weight is 192 g/mol. The van der Waals surface area contributed by atoms with Crippen molar-refractivity contribution in [2.24, 2.45) is 0 Å². The Kier molecular flexibility index (Phi) is 3.28. The van der Waals surface area contributed by atoms with Crippen molar-refractivity contribution < 1.29 is 0 Å². The molecule has 11 heavy (non-hydrogen) atoms. The fraction of sp³-hybridized carbons (Fsp3) is 0.500. The predicted molar refractivity (Wildman–Crippen MR) is 49.2 cm³/mol. The van der Waals surface area contributed by atoms with Gasteiger partial charge < -0.3 is 4.57 Å². The maximum atomic E-state index is 5.71. The molecule has 0 amide bonds. The quantitative estimate of drug-likeness (QED) is 0.648. The van der Waals surface area contributed by atoms with E-state index in [1.54, 1.807) is 0 Å². The largest absolute Gasteiger partial charge is 0.354 e. The number of nitrogens with zero attached hydrogens (tertiary/aromatic N) is 1.